The fraction of sp³-hybridized carbons (Fsp3) is 0.538. The van der Waals surface area contributed by atoms with Crippen LogP contribution in [0, 0.1) is 0 Å². The van der Waals surface area contributed by atoms with Crippen molar-refractivity contribution in [3.05, 3.63) is 26.7 Å². The van der Waals surface area contributed by atoms with Gasteiger partial charge in [-0.25, -0.2) is 0 Å². The summed E-state index contributed by atoms with van der Waals surface area (Å²) in [5.41, 5.74) is 0. The van der Waals surface area contributed by atoms with E-state index in [1.165, 1.54) is 19.3 Å². The Morgan fingerprint density at radius 3 is 2.83 bits per heavy atom. The first-order chi connectivity index (χ1) is 8.66. The van der Waals surface area contributed by atoms with Gasteiger partial charge in [-0.05, 0) is 47.8 Å². The lowest BCUT2D eigenvalue weighted by molar-refractivity contribution is 0.268. The summed E-state index contributed by atoms with van der Waals surface area (Å²) in [6.07, 6.45) is 4.83. The minimum Gasteiger partial charge on any atom is -0.492 e. The molecule has 1 heterocycles. The highest BCUT2D eigenvalue weighted by Crippen LogP contribution is 2.34. The molecule has 1 atom stereocenters. The number of rotatable bonds is 4. The molecule has 1 fully saturated rings. The molecule has 1 N–H and O–H groups in total. The zero-order valence-corrected chi connectivity index (χ0v) is 13.1. The smallest absolute Gasteiger partial charge is 0.139 e. The molecular weight excluding hydrogens is 337 g/mol. The van der Waals surface area contributed by atoms with Gasteiger partial charge in [-0.3, -0.25) is 0 Å². The molecular formula is C13H16BrCl2NO. The summed E-state index contributed by atoms with van der Waals surface area (Å²) < 4.78 is 6.49. The molecule has 0 radical (unpaired) electrons. The first kappa shape index (κ1) is 14.4. The molecule has 2 nitrogen and oxygen atoms in total. The second-order valence-corrected chi connectivity index (χ2v) is 6.15. The molecule has 100 valence electrons. The molecule has 18 heavy (non-hydrogen) atoms. The maximum Gasteiger partial charge on any atom is 0.139 e. The molecule has 0 aliphatic carbocycles. The number of nitrogens with one attached hydrogen (secondary N) is 1. The van der Waals surface area contributed by atoms with E-state index in [-0.39, 0.29) is 0 Å². The lowest BCUT2D eigenvalue weighted by atomic mass is 10.0. The maximum absolute atomic E-state index is 6.09. The van der Waals surface area contributed by atoms with E-state index in [0.717, 1.165) is 17.4 Å². The highest BCUT2D eigenvalue weighted by atomic mass is 79.9. The van der Waals surface area contributed by atoms with Crippen molar-refractivity contribution in [3.8, 4) is 5.75 Å². The fourth-order valence-electron chi connectivity index (χ4n) is 2.10. The molecule has 1 unspecified atom stereocenters. The van der Waals surface area contributed by atoms with Gasteiger partial charge in [0.05, 0.1) is 16.7 Å². The standard InChI is InChI=1S/C13H16BrCl2NO/c14-10-7-12(16)13(8-11(10)15)18-6-4-9-3-1-2-5-17-9/h7-9,17H,1-6H2. The van der Waals surface area contributed by atoms with Crippen LogP contribution in [0.5, 0.6) is 5.75 Å². The first-order valence-corrected chi connectivity index (χ1v) is 7.72. The van der Waals surface area contributed by atoms with Crippen LogP contribution >= 0.6 is 39.1 Å². The quantitative estimate of drug-likeness (QED) is 0.795. The second kappa shape index (κ2) is 6.99. The summed E-state index contributed by atoms with van der Waals surface area (Å²) in [6, 6.07) is 4.09. The first-order valence-electron chi connectivity index (χ1n) is 6.17. The second-order valence-electron chi connectivity index (χ2n) is 4.48. The predicted molar refractivity (Wildman–Crippen MR) is 79.9 cm³/mol. The summed E-state index contributed by atoms with van der Waals surface area (Å²) in [5, 5.41) is 4.70. The van der Waals surface area contributed by atoms with Gasteiger partial charge in [0, 0.05) is 16.6 Å². The van der Waals surface area contributed by atoms with Crippen LogP contribution in [0.1, 0.15) is 25.7 Å². The Morgan fingerprint density at radius 1 is 1.28 bits per heavy atom. The van der Waals surface area contributed by atoms with E-state index >= 15 is 0 Å². The summed E-state index contributed by atoms with van der Waals surface area (Å²) in [6.45, 7) is 1.78. The molecule has 0 spiro atoms. The molecule has 1 aliphatic heterocycles. The highest BCUT2D eigenvalue weighted by Gasteiger charge is 2.13. The average molecular weight is 353 g/mol. The zero-order valence-electron chi connectivity index (χ0n) is 10.0. The molecule has 1 aromatic carbocycles. The van der Waals surface area contributed by atoms with Crippen LogP contribution in [0.3, 0.4) is 0 Å². The van der Waals surface area contributed by atoms with E-state index in [9.17, 15) is 0 Å². The average Bonchev–Trinajstić information content (AvgIpc) is 2.37. The molecule has 1 saturated heterocycles. The van der Waals surface area contributed by atoms with Crippen LogP contribution in [0.4, 0.5) is 0 Å². The third-order valence-corrected chi connectivity index (χ3v) is 4.60. The number of halogens is 3. The normalized spacial score (nSPS) is 19.8. The van der Waals surface area contributed by atoms with E-state index in [2.05, 4.69) is 21.2 Å². The number of benzene rings is 1. The third-order valence-electron chi connectivity index (χ3n) is 3.11. The minimum atomic E-state index is 0.573. The summed E-state index contributed by atoms with van der Waals surface area (Å²) in [5.74, 6) is 0.653. The summed E-state index contributed by atoms with van der Waals surface area (Å²) >= 11 is 15.4. The van der Waals surface area contributed by atoms with Crippen molar-refractivity contribution < 1.29 is 4.74 Å². The molecule has 5 heteroatoms. The van der Waals surface area contributed by atoms with Crippen LogP contribution in [-0.4, -0.2) is 19.2 Å². The lowest BCUT2D eigenvalue weighted by Crippen LogP contribution is -2.35. The van der Waals surface area contributed by atoms with Crippen LogP contribution < -0.4 is 10.1 Å². The van der Waals surface area contributed by atoms with Gasteiger partial charge in [0.25, 0.3) is 0 Å². The van der Waals surface area contributed by atoms with Gasteiger partial charge in [-0.1, -0.05) is 29.6 Å². The number of piperidine rings is 1. The lowest BCUT2D eigenvalue weighted by Gasteiger charge is -2.23. The van der Waals surface area contributed by atoms with Gasteiger partial charge in [0.2, 0.25) is 0 Å². The topological polar surface area (TPSA) is 21.3 Å². The van der Waals surface area contributed by atoms with E-state index in [1.54, 1.807) is 12.1 Å². The van der Waals surface area contributed by atoms with Gasteiger partial charge in [-0.2, -0.15) is 0 Å². The van der Waals surface area contributed by atoms with E-state index < -0.39 is 0 Å². The number of hydrogen-bond acceptors (Lipinski definition) is 2. The minimum absolute atomic E-state index is 0.573. The number of ether oxygens (including phenoxy) is 1. The van der Waals surface area contributed by atoms with Crippen LogP contribution in [-0.2, 0) is 0 Å². The number of hydrogen-bond donors (Lipinski definition) is 1. The van der Waals surface area contributed by atoms with Crippen molar-refractivity contribution >= 4 is 39.1 Å². The van der Waals surface area contributed by atoms with E-state index in [0.29, 0.717) is 28.4 Å². The monoisotopic (exact) mass is 351 g/mol. The van der Waals surface area contributed by atoms with E-state index in [1.807, 2.05) is 0 Å². The predicted octanol–water partition coefficient (Wildman–Crippen LogP) is 4.67. The molecule has 2 rings (SSSR count). The molecule has 1 aromatic rings. The SMILES string of the molecule is Clc1cc(OCCC2CCCCN2)c(Cl)cc1Br. The van der Waals surface area contributed by atoms with Crippen LogP contribution in [0.25, 0.3) is 0 Å². The third kappa shape index (κ3) is 4.02. The summed E-state index contributed by atoms with van der Waals surface area (Å²) in [4.78, 5) is 0. The Hall–Kier alpha value is 0.0400. The maximum atomic E-state index is 6.09. The molecule has 0 aromatic heterocycles. The van der Waals surface area contributed by atoms with Crippen molar-refractivity contribution in [3.63, 3.8) is 0 Å². The van der Waals surface area contributed by atoms with Gasteiger partial charge in [-0.15, -0.1) is 0 Å². The fourth-order valence-corrected chi connectivity index (χ4v) is 2.94. The van der Waals surface area contributed by atoms with Gasteiger partial charge in [0.1, 0.15) is 5.75 Å². The van der Waals surface area contributed by atoms with Gasteiger partial charge >= 0.3 is 0 Å². The molecule has 0 bridgehead atoms. The van der Waals surface area contributed by atoms with E-state index in [4.69, 9.17) is 27.9 Å². The van der Waals surface area contributed by atoms with Gasteiger partial charge in [0.15, 0.2) is 0 Å². The van der Waals surface area contributed by atoms with Crippen molar-refractivity contribution in [2.24, 2.45) is 0 Å². The molecule has 0 amide bonds. The molecule has 1 aliphatic rings. The van der Waals surface area contributed by atoms with Crippen molar-refractivity contribution in [2.75, 3.05) is 13.2 Å². The van der Waals surface area contributed by atoms with Crippen molar-refractivity contribution in [2.45, 2.75) is 31.7 Å². The summed E-state index contributed by atoms with van der Waals surface area (Å²) in [7, 11) is 0. The van der Waals surface area contributed by atoms with Crippen molar-refractivity contribution in [1.29, 1.82) is 0 Å². The van der Waals surface area contributed by atoms with Crippen LogP contribution in [0.15, 0.2) is 16.6 Å². The van der Waals surface area contributed by atoms with Crippen molar-refractivity contribution in [1.82, 2.24) is 5.32 Å². The largest absolute Gasteiger partial charge is 0.492 e. The van der Waals surface area contributed by atoms with Crippen LogP contribution in [0.2, 0.25) is 10.0 Å². The Balaban J connectivity index is 1.84. The highest BCUT2D eigenvalue weighted by molar-refractivity contribution is 9.10. The Morgan fingerprint density at radius 2 is 2.11 bits per heavy atom. The Bertz CT molecular complexity index is 408. The van der Waals surface area contributed by atoms with Gasteiger partial charge < -0.3 is 10.1 Å². The molecule has 0 saturated carbocycles. The Labute approximate surface area is 126 Å². The Kier molecular flexibility index (Phi) is 5.61. The zero-order chi connectivity index (χ0) is 13.0.